The van der Waals surface area contributed by atoms with E-state index >= 15 is 0 Å². The van der Waals surface area contributed by atoms with Crippen molar-refractivity contribution in [1.82, 2.24) is 15.2 Å². The zero-order valence-electron chi connectivity index (χ0n) is 22.3. The molecule has 1 unspecified atom stereocenters. The van der Waals surface area contributed by atoms with Crippen molar-refractivity contribution >= 4 is 38.3 Å². The molecule has 0 radical (unpaired) electrons. The zero-order valence-corrected chi connectivity index (χ0v) is 23.1. The zero-order chi connectivity index (χ0) is 25.8. The highest BCUT2D eigenvalue weighted by atomic mass is 32.1. The lowest BCUT2D eigenvalue weighted by Crippen LogP contribution is -2.47. The summed E-state index contributed by atoms with van der Waals surface area (Å²) < 4.78 is 6.51. The van der Waals surface area contributed by atoms with Gasteiger partial charge in [0.2, 0.25) is 5.91 Å². The van der Waals surface area contributed by atoms with Gasteiger partial charge in [0.05, 0.1) is 23.2 Å². The van der Waals surface area contributed by atoms with Gasteiger partial charge in [-0.3, -0.25) is 9.69 Å². The molecule has 1 atom stereocenters. The van der Waals surface area contributed by atoms with E-state index in [0.29, 0.717) is 0 Å². The number of hydrogen-bond acceptors (Lipinski definition) is 7. The Bertz CT molecular complexity index is 1200. The predicted molar refractivity (Wildman–Crippen MR) is 153 cm³/mol. The molecule has 37 heavy (non-hydrogen) atoms. The first kappa shape index (κ1) is 25.8. The van der Waals surface area contributed by atoms with Gasteiger partial charge in [-0.15, -0.1) is 0 Å². The van der Waals surface area contributed by atoms with Crippen molar-refractivity contribution in [3.8, 4) is 5.75 Å². The number of nitrogens with one attached hydrogen (secondary N) is 1. The summed E-state index contributed by atoms with van der Waals surface area (Å²) in [4.78, 5) is 25.1. The summed E-state index contributed by atoms with van der Waals surface area (Å²) in [6.07, 6.45) is 2.98. The van der Waals surface area contributed by atoms with Crippen LogP contribution in [0.2, 0.25) is 0 Å². The van der Waals surface area contributed by atoms with Crippen molar-refractivity contribution in [2.45, 2.75) is 33.1 Å². The Balaban J connectivity index is 1.04. The van der Waals surface area contributed by atoms with E-state index in [1.54, 1.807) is 18.4 Å². The van der Waals surface area contributed by atoms with Crippen molar-refractivity contribution < 1.29 is 9.53 Å². The summed E-state index contributed by atoms with van der Waals surface area (Å²) in [7, 11) is 1.70. The van der Waals surface area contributed by atoms with Crippen LogP contribution in [0.15, 0.2) is 36.4 Å². The van der Waals surface area contributed by atoms with E-state index in [9.17, 15) is 4.79 Å². The van der Waals surface area contributed by atoms with E-state index in [-0.39, 0.29) is 11.8 Å². The number of piperazine rings is 1. The van der Waals surface area contributed by atoms with E-state index < -0.39 is 0 Å². The summed E-state index contributed by atoms with van der Waals surface area (Å²) in [5, 5.41) is 4.27. The van der Waals surface area contributed by atoms with Crippen LogP contribution in [-0.2, 0) is 4.79 Å². The maximum absolute atomic E-state index is 13.0. The van der Waals surface area contributed by atoms with Gasteiger partial charge in [0.25, 0.3) is 0 Å². The number of fused-ring (bicyclic) bond motifs is 1. The third-order valence-corrected chi connectivity index (χ3v) is 8.70. The normalized spacial score (nSPS) is 18.8. The van der Waals surface area contributed by atoms with Crippen LogP contribution >= 0.6 is 11.3 Å². The van der Waals surface area contributed by atoms with Gasteiger partial charge in [-0.2, -0.15) is 0 Å². The molecule has 3 heterocycles. The minimum Gasteiger partial charge on any atom is -0.497 e. The van der Waals surface area contributed by atoms with Crippen molar-refractivity contribution in [2.75, 3.05) is 69.3 Å². The van der Waals surface area contributed by atoms with E-state index in [1.165, 1.54) is 21.5 Å². The highest BCUT2D eigenvalue weighted by Gasteiger charge is 2.27. The molecule has 0 spiro atoms. The number of benzene rings is 2. The standard InChI is InChI=1S/C29H39N5O2S/c1-21-18-22(2)27-26(19-21)37-29(31-27)34-13-4-6-23(20-34)28(35)30-11-5-12-32-14-16-33(17-15-32)24-7-9-25(36-3)10-8-24/h7-10,18-19,23H,4-6,11-17,20H2,1-3H3,(H,30,35). The molecule has 3 aromatic rings. The number of methoxy groups -OCH3 is 1. The smallest absolute Gasteiger partial charge is 0.224 e. The molecule has 2 aliphatic rings. The Hall–Kier alpha value is -2.84. The molecule has 0 bridgehead atoms. The van der Waals surface area contributed by atoms with Crippen molar-refractivity contribution in [2.24, 2.45) is 5.92 Å². The van der Waals surface area contributed by atoms with Crippen LogP contribution in [0, 0.1) is 19.8 Å². The molecule has 2 fully saturated rings. The molecule has 5 rings (SSSR count). The first-order chi connectivity index (χ1) is 18.0. The molecule has 8 heteroatoms. The number of rotatable bonds is 8. The number of carbonyl (C=O) groups excluding carboxylic acids is 1. The molecule has 1 aromatic heterocycles. The third-order valence-electron chi connectivity index (χ3n) is 7.64. The summed E-state index contributed by atoms with van der Waals surface area (Å²) >= 11 is 1.75. The predicted octanol–water partition coefficient (Wildman–Crippen LogP) is 4.47. The number of carbonyl (C=O) groups is 1. The highest BCUT2D eigenvalue weighted by molar-refractivity contribution is 7.22. The molecule has 1 amide bonds. The second kappa shape index (κ2) is 11.7. The van der Waals surface area contributed by atoms with Crippen LogP contribution in [0.1, 0.15) is 30.4 Å². The molecule has 2 aliphatic heterocycles. The molecule has 2 aromatic carbocycles. The first-order valence-electron chi connectivity index (χ1n) is 13.5. The van der Waals surface area contributed by atoms with Crippen molar-refractivity contribution in [3.63, 3.8) is 0 Å². The van der Waals surface area contributed by atoms with Gasteiger partial charge in [-0.25, -0.2) is 4.98 Å². The van der Waals surface area contributed by atoms with Gasteiger partial charge in [0.15, 0.2) is 5.13 Å². The lowest BCUT2D eigenvalue weighted by molar-refractivity contribution is -0.125. The number of aryl methyl sites for hydroxylation is 2. The molecule has 0 saturated carbocycles. The van der Waals surface area contributed by atoms with Crippen LogP contribution in [0.4, 0.5) is 10.8 Å². The van der Waals surface area contributed by atoms with Crippen LogP contribution in [0.3, 0.4) is 0 Å². The lowest BCUT2D eigenvalue weighted by Gasteiger charge is -2.36. The van der Waals surface area contributed by atoms with Gasteiger partial charge in [-0.05, 0) is 81.1 Å². The van der Waals surface area contributed by atoms with Crippen LogP contribution in [0.5, 0.6) is 5.75 Å². The number of anilines is 2. The van der Waals surface area contributed by atoms with Crippen LogP contribution in [-0.4, -0.2) is 75.3 Å². The fraction of sp³-hybridized carbons (Fsp3) is 0.517. The second-order valence-corrected chi connectivity index (χ2v) is 11.4. The van der Waals surface area contributed by atoms with Gasteiger partial charge in [0, 0.05) is 51.5 Å². The first-order valence-corrected chi connectivity index (χ1v) is 14.3. The van der Waals surface area contributed by atoms with Gasteiger partial charge in [0.1, 0.15) is 5.75 Å². The van der Waals surface area contributed by atoms with Gasteiger partial charge >= 0.3 is 0 Å². The van der Waals surface area contributed by atoms with Crippen molar-refractivity contribution in [1.29, 1.82) is 0 Å². The van der Waals surface area contributed by atoms with E-state index in [4.69, 9.17) is 9.72 Å². The number of thiazole rings is 1. The molecular weight excluding hydrogens is 482 g/mol. The monoisotopic (exact) mass is 521 g/mol. The number of aromatic nitrogens is 1. The average Bonchev–Trinajstić information content (AvgIpc) is 3.36. The molecule has 1 N–H and O–H groups in total. The number of hydrogen-bond donors (Lipinski definition) is 1. The fourth-order valence-electron chi connectivity index (χ4n) is 5.54. The summed E-state index contributed by atoms with van der Waals surface area (Å²) in [5.74, 6) is 1.13. The van der Waals surface area contributed by atoms with Crippen LogP contribution < -0.4 is 19.9 Å². The van der Waals surface area contributed by atoms with E-state index in [0.717, 1.165) is 88.0 Å². The van der Waals surface area contributed by atoms with E-state index in [1.807, 2.05) is 12.1 Å². The number of nitrogens with zero attached hydrogens (tertiary/aromatic N) is 4. The maximum atomic E-state index is 13.0. The Morgan fingerprint density at radius 1 is 1.08 bits per heavy atom. The maximum Gasteiger partial charge on any atom is 0.224 e. The fourth-order valence-corrected chi connectivity index (χ4v) is 6.72. The molecule has 198 valence electrons. The van der Waals surface area contributed by atoms with E-state index in [2.05, 4.69) is 58.1 Å². The minimum atomic E-state index is 0.0386. The van der Waals surface area contributed by atoms with Gasteiger partial charge in [-0.1, -0.05) is 17.4 Å². The number of ether oxygens (including phenoxy) is 1. The Morgan fingerprint density at radius 2 is 1.86 bits per heavy atom. The number of piperidine rings is 1. The van der Waals surface area contributed by atoms with Crippen molar-refractivity contribution in [3.05, 3.63) is 47.5 Å². The van der Waals surface area contributed by atoms with Crippen LogP contribution in [0.25, 0.3) is 10.2 Å². The Labute approximate surface area is 224 Å². The second-order valence-electron chi connectivity index (χ2n) is 10.4. The molecular formula is C29H39N5O2S. The summed E-state index contributed by atoms with van der Waals surface area (Å²) in [5.41, 5.74) is 4.86. The topological polar surface area (TPSA) is 60.9 Å². The third kappa shape index (κ3) is 6.18. The SMILES string of the molecule is COc1ccc(N2CCN(CCCNC(=O)C3CCCN(c4nc5c(C)cc(C)cc5s4)C3)CC2)cc1. The molecule has 2 saturated heterocycles. The largest absolute Gasteiger partial charge is 0.497 e. The molecule has 7 nitrogen and oxygen atoms in total. The average molecular weight is 522 g/mol. The lowest BCUT2D eigenvalue weighted by atomic mass is 9.97. The minimum absolute atomic E-state index is 0.0386. The quantitative estimate of drug-likeness (QED) is 0.442. The molecule has 0 aliphatic carbocycles. The Kier molecular flexibility index (Phi) is 8.15. The van der Waals surface area contributed by atoms with Gasteiger partial charge < -0.3 is 19.9 Å². The summed E-state index contributed by atoms with van der Waals surface area (Å²) in [6.45, 7) is 11.9. The summed E-state index contributed by atoms with van der Waals surface area (Å²) in [6, 6.07) is 12.7. The number of amides is 1. The Morgan fingerprint density at radius 3 is 2.62 bits per heavy atom. The highest BCUT2D eigenvalue weighted by Crippen LogP contribution is 2.33.